The Kier molecular flexibility index (Phi) is 3.56. The largest absolute Gasteiger partial charge is 0.349 e. The lowest BCUT2D eigenvalue weighted by Crippen LogP contribution is -2.32. The van der Waals surface area contributed by atoms with Crippen LogP contribution in [0.5, 0.6) is 0 Å². The molecule has 118 valence electrons. The van der Waals surface area contributed by atoms with Gasteiger partial charge in [0.2, 0.25) is 5.91 Å². The topological polar surface area (TPSA) is 67.8 Å². The average Bonchev–Trinajstić information content (AvgIpc) is 3.32. The summed E-state index contributed by atoms with van der Waals surface area (Å²) in [6, 6.07) is 3.89. The Morgan fingerprint density at radius 3 is 2.83 bits per heavy atom. The van der Waals surface area contributed by atoms with Gasteiger partial charge < -0.3 is 5.32 Å². The highest BCUT2D eigenvalue weighted by Gasteiger charge is 2.40. The third-order valence-corrected chi connectivity index (χ3v) is 4.88. The third-order valence-electron chi connectivity index (χ3n) is 4.88. The van der Waals surface area contributed by atoms with E-state index >= 15 is 0 Å². The second-order valence-corrected chi connectivity index (χ2v) is 6.60. The molecule has 5 nitrogen and oxygen atoms in total. The lowest BCUT2D eigenvalue weighted by atomic mass is 9.92. The fourth-order valence-corrected chi connectivity index (χ4v) is 3.30. The van der Waals surface area contributed by atoms with E-state index in [2.05, 4.69) is 22.2 Å². The highest BCUT2D eigenvalue weighted by atomic mass is 16.2. The molecular formula is C18H20N4O. The maximum atomic E-state index is 12.2. The Hall–Kier alpha value is -2.30. The van der Waals surface area contributed by atoms with Crippen LogP contribution < -0.4 is 5.32 Å². The zero-order chi connectivity index (χ0) is 15.8. The number of rotatable bonds is 3. The number of aromatic nitrogens is 3. The number of hydrogen-bond donors (Lipinski definition) is 1. The van der Waals surface area contributed by atoms with Gasteiger partial charge in [-0.15, -0.1) is 0 Å². The number of nitrogens with one attached hydrogen (secondary N) is 1. The molecule has 2 aliphatic carbocycles. The van der Waals surface area contributed by atoms with Gasteiger partial charge in [0, 0.05) is 41.3 Å². The molecule has 0 radical (unpaired) electrons. The Morgan fingerprint density at radius 1 is 1.30 bits per heavy atom. The number of fused-ring (bicyclic) bond motifs is 1. The van der Waals surface area contributed by atoms with Gasteiger partial charge in [0.15, 0.2) is 5.82 Å². The van der Waals surface area contributed by atoms with Gasteiger partial charge in [0.1, 0.15) is 0 Å². The van der Waals surface area contributed by atoms with Crippen LogP contribution in [0.3, 0.4) is 0 Å². The van der Waals surface area contributed by atoms with Gasteiger partial charge in [-0.25, -0.2) is 9.97 Å². The van der Waals surface area contributed by atoms with Crippen LogP contribution in [0.15, 0.2) is 30.7 Å². The fraction of sp³-hybridized carbons (Fsp3) is 0.444. The first-order chi connectivity index (χ1) is 11.2. The molecule has 1 amide bonds. The van der Waals surface area contributed by atoms with Gasteiger partial charge in [0.05, 0.1) is 6.04 Å². The molecule has 2 aromatic rings. The molecule has 2 aromatic heterocycles. The van der Waals surface area contributed by atoms with Crippen molar-refractivity contribution in [3.8, 4) is 11.4 Å². The van der Waals surface area contributed by atoms with Crippen molar-refractivity contribution < 1.29 is 4.79 Å². The second kappa shape index (κ2) is 5.72. The minimum atomic E-state index is 0.0607. The van der Waals surface area contributed by atoms with E-state index in [4.69, 9.17) is 4.98 Å². The Balaban J connectivity index is 1.58. The van der Waals surface area contributed by atoms with Crippen molar-refractivity contribution in [3.05, 3.63) is 42.0 Å². The van der Waals surface area contributed by atoms with Crippen LogP contribution in [-0.2, 0) is 11.2 Å². The summed E-state index contributed by atoms with van der Waals surface area (Å²) in [5, 5.41) is 3.20. The maximum absolute atomic E-state index is 12.2. The quantitative estimate of drug-likeness (QED) is 0.946. The minimum Gasteiger partial charge on any atom is -0.349 e. The van der Waals surface area contributed by atoms with Crippen molar-refractivity contribution >= 4 is 5.91 Å². The first kappa shape index (κ1) is 14.3. The highest BCUT2D eigenvalue weighted by molar-refractivity contribution is 5.81. The van der Waals surface area contributed by atoms with Crippen molar-refractivity contribution in [2.45, 2.75) is 38.6 Å². The van der Waals surface area contributed by atoms with E-state index in [1.807, 2.05) is 18.3 Å². The van der Waals surface area contributed by atoms with Crippen LogP contribution in [0.25, 0.3) is 11.4 Å². The predicted octanol–water partition coefficient (Wildman–Crippen LogP) is 2.69. The number of hydrogen-bond acceptors (Lipinski definition) is 4. The smallest absolute Gasteiger partial charge is 0.223 e. The van der Waals surface area contributed by atoms with Gasteiger partial charge >= 0.3 is 0 Å². The minimum absolute atomic E-state index is 0.0607. The molecule has 0 aliphatic heterocycles. The van der Waals surface area contributed by atoms with Crippen molar-refractivity contribution in [2.24, 2.45) is 11.8 Å². The Labute approximate surface area is 135 Å². The van der Waals surface area contributed by atoms with E-state index < -0.39 is 0 Å². The van der Waals surface area contributed by atoms with Crippen LogP contribution in [0, 0.1) is 11.8 Å². The Bertz CT molecular complexity index is 731. The molecular weight excluding hydrogens is 288 g/mol. The van der Waals surface area contributed by atoms with Crippen LogP contribution >= 0.6 is 0 Å². The average molecular weight is 308 g/mol. The number of nitrogens with zero attached hydrogens (tertiary/aromatic N) is 3. The summed E-state index contributed by atoms with van der Waals surface area (Å²) in [6.45, 7) is 2.13. The van der Waals surface area contributed by atoms with Crippen molar-refractivity contribution in [1.82, 2.24) is 20.3 Å². The fourth-order valence-electron chi connectivity index (χ4n) is 3.30. The summed E-state index contributed by atoms with van der Waals surface area (Å²) in [6.07, 6.45) is 9.36. The Morgan fingerprint density at radius 2 is 2.09 bits per heavy atom. The number of carbonyl (C=O) groups is 1. The SMILES string of the molecule is C[C@@H]1C[C@H]1C(=O)N[C@@H]1CCCc2nc(-c3ccncc3)ncc21. The summed E-state index contributed by atoms with van der Waals surface area (Å²) in [5.74, 6) is 1.66. The van der Waals surface area contributed by atoms with Crippen LogP contribution in [0.4, 0.5) is 0 Å². The van der Waals surface area contributed by atoms with Gasteiger partial charge in [-0.2, -0.15) is 0 Å². The molecule has 0 spiro atoms. The second-order valence-electron chi connectivity index (χ2n) is 6.60. The van der Waals surface area contributed by atoms with Gasteiger partial charge in [-0.05, 0) is 43.7 Å². The first-order valence-electron chi connectivity index (χ1n) is 8.29. The molecule has 2 heterocycles. The maximum Gasteiger partial charge on any atom is 0.223 e. The van der Waals surface area contributed by atoms with Crippen molar-refractivity contribution in [1.29, 1.82) is 0 Å². The van der Waals surface area contributed by atoms with Crippen molar-refractivity contribution in [2.75, 3.05) is 0 Å². The van der Waals surface area contributed by atoms with E-state index in [1.54, 1.807) is 12.4 Å². The van der Waals surface area contributed by atoms with Crippen LogP contribution in [0.1, 0.15) is 43.5 Å². The molecule has 0 bridgehead atoms. The van der Waals surface area contributed by atoms with Gasteiger partial charge in [0.25, 0.3) is 0 Å². The first-order valence-corrected chi connectivity index (χ1v) is 8.29. The highest BCUT2D eigenvalue weighted by Crippen LogP contribution is 2.39. The van der Waals surface area contributed by atoms with E-state index in [0.29, 0.717) is 5.92 Å². The molecule has 1 fully saturated rings. The molecule has 23 heavy (non-hydrogen) atoms. The monoisotopic (exact) mass is 308 g/mol. The van der Waals surface area contributed by atoms with E-state index in [-0.39, 0.29) is 17.9 Å². The van der Waals surface area contributed by atoms with E-state index in [0.717, 1.165) is 48.3 Å². The normalized spacial score (nSPS) is 25.5. The van der Waals surface area contributed by atoms with Crippen LogP contribution in [-0.4, -0.2) is 20.9 Å². The zero-order valence-electron chi connectivity index (χ0n) is 13.2. The lowest BCUT2D eigenvalue weighted by Gasteiger charge is -2.25. The van der Waals surface area contributed by atoms with E-state index in [9.17, 15) is 4.79 Å². The zero-order valence-corrected chi connectivity index (χ0v) is 13.2. The molecule has 0 saturated heterocycles. The number of pyridine rings is 1. The molecule has 5 heteroatoms. The summed E-state index contributed by atoms with van der Waals surface area (Å²) >= 11 is 0. The number of amides is 1. The summed E-state index contributed by atoms with van der Waals surface area (Å²) in [5.41, 5.74) is 3.11. The third kappa shape index (κ3) is 2.83. The predicted molar refractivity (Wildman–Crippen MR) is 86.4 cm³/mol. The molecule has 0 aromatic carbocycles. The summed E-state index contributed by atoms with van der Waals surface area (Å²) in [7, 11) is 0. The summed E-state index contributed by atoms with van der Waals surface area (Å²) < 4.78 is 0. The molecule has 0 unspecified atom stereocenters. The van der Waals surface area contributed by atoms with E-state index in [1.165, 1.54) is 0 Å². The number of aryl methyl sites for hydroxylation is 1. The molecule has 1 N–H and O–H groups in total. The lowest BCUT2D eigenvalue weighted by molar-refractivity contribution is -0.123. The molecule has 2 aliphatic rings. The van der Waals surface area contributed by atoms with Gasteiger partial charge in [-0.3, -0.25) is 9.78 Å². The standard InChI is InChI=1S/C18H20N4O/c1-11-9-13(11)18(23)22-16-4-2-3-15-14(16)10-20-17(21-15)12-5-7-19-8-6-12/h5-8,10-11,13,16H,2-4,9H2,1H3,(H,22,23)/t11-,13-,16-/m1/s1. The summed E-state index contributed by atoms with van der Waals surface area (Å²) in [4.78, 5) is 25.5. The molecule has 3 atom stereocenters. The van der Waals surface area contributed by atoms with Crippen molar-refractivity contribution in [3.63, 3.8) is 0 Å². The van der Waals surface area contributed by atoms with Crippen LogP contribution in [0.2, 0.25) is 0 Å². The van der Waals surface area contributed by atoms with Gasteiger partial charge in [-0.1, -0.05) is 6.92 Å². The molecule has 1 saturated carbocycles. The molecule has 4 rings (SSSR count). The number of carbonyl (C=O) groups excluding carboxylic acids is 1.